The average Bonchev–Trinajstić information content (AvgIpc) is 2.96. The first-order valence-corrected chi connectivity index (χ1v) is 14.0. The van der Waals surface area contributed by atoms with E-state index in [1.165, 1.54) is 11.8 Å². The fourth-order valence-corrected chi connectivity index (χ4v) is 4.67. The van der Waals surface area contributed by atoms with Crippen molar-refractivity contribution >= 4 is 70.1 Å². The van der Waals surface area contributed by atoms with Crippen molar-refractivity contribution in [3.05, 3.63) is 129 Å². The van der Waals surface area contributed by atoms with E-state index in [0.29, 0.717) is 22.0 Å². The van der Waals surface area contributed by atoms with E-state index in [9.17, 15) is 14.4 Å². The molecule has 202 valence electrons. The maximum absolute atomic E-state index is 13.3. The highest BCUT2D eigenvalue weighted by molar-refractivity contribution is 8.00. The van der Waals surface area contributed by atoms with Gasteiger partial charge in [-0.25, -0.2) is 0 Å². The van der Waals surface area contributed by atoms with Crippen molar-refractivity contribution in [2.24, 2.45) is 0 Å². The molecule has 4 rings (SSSR count). The number of anilines is 2. The molecule has 0 radical (unpaired) electrons. The standard InChI is InChI=1S/C31H25Cl2N3O3S/c1-20-13-15-21(16-14-20)17-27(36-30(38)22-7-3-2-4-8-22)31(39)34-23-9-5-10-24(18-23)40-19-28(37)35-26-12-6-11-25(32)29(26)33/h2-18H,19H2,1H3,(H,34,39)(H,35,37)(H,36,38)/b27-17+. The van der Waals surface area contributed by atoms with Crippen LogP contribution in [0.2, 0.25) is 10.0 Å². The monoisotopic (exact) mass is 589 g/mol. The van der Waals surface area contributed by atoms with Crippen molar-refractivity contribution in [2.75, 3.05) is 16.4 Å². The molecule has 4 aromatic carbocycles. The molecule has 3 amide bonds. The van der Waals surface area contributed by atoms with Gasteiger partial charge in [0.2, 0.25) is 5.91 Å². The predicted molar refractivity (Wildman–Crippen MR) is 164 cm³/mol. The van der Waals surface area contributed by atoms with Crippen LogP contribution in [-0.2, 0) is 9.59 Å². The lowest BCUT2D eigenvalue weighted by Gasteiger charge is -2.12. The van der Waals surface area contributed by atoms with Crippen molar-refractivity contribution in [2.45, 2.75) is 11.8 Å². The number of rotatable bonds is 9. The highest BCUT2D eigenvalue weighted by Gasteiger charge is 2.16. The van der Waals surface area contributed by atoms with Crippen LogP contribution in [0.1, 0.15) is 21.5 Å². The van der Waals surface area contributed by atoms with Crippen LogP contribution in [0.5, 0.6) is 0 Å². The normalized spacial score (nSPS) is 11.0. The number of carbonyl (C=O) groups is 3. The molecule has 0 aliphatic rings. The van der Waals surface area contributed by atoms with E-state index in [1.807, 2.05) is 43.3 Å². The van der Waals surface area contributed by atoms with Crippen LogP contribution in [0, 0.1) is 6.92 Å². The van der Waals surface area contributed by atoms with Crippen LogP contribution in [-0.4, -0.2) is 23.5 Å². The maximum Gasteiger partial charge on any atom is 0.272 e. The molecule has 0 saturated carbocycles. The summed E-state index contributed by atoms with van der Waals surface area (Å²) >= 11 is 13.5. The molecule has 40 heavy (non-hydrogen) atoms. The summed E-state index contributed by atoms with van der Waals surface area (Å²) < 4.78 is 0. The average molecular weight is 591 g/mol. The first-order valence-electron chi connectivity index (χ1n) is 12.2. The van der Waals surface area contributed by atoms with E-state index in [1.54, 1.807) is 66.7 Å². The zero-order valence-electron chi connectivity index (χ0n) is 21.4. The van der Waals surface area contributed by atoms with Crippen molar-refractivity contribution in [3.8, 4) is 0 Å². The van der Waals surface area contributed by atoms with Crippen LogP contribution >= 0.6 is 35.0 Å². The Bertz CT molecular complexity index is 1560. The zero-order valence-corrected chi connectivity index (χ0v) is 23.7. The fourth-order valence-electron chi connectivity index (χ4n) is 3.57. The number of hydrogen-bond acceptors (Lipinski definition) is 4. The number of carbonyl (C=O) groups excluding carboxylic acids is 3. The molecule has 9 heteroatoms. The summed E-state index contributed by atoms with van der Waals surface area (Å²) in [6, 6.07) is 28.4. The highest BCUT2D eigenvalue weighted by atomic mass is 35.5. The molecule has 0 aromatic heterocycles. The third kappa shape index (κ3) is 8.23. The van der Waals surface area contributed by atoms with Gasteiger partial charge < -0.3 is 16.0 Å². The molecule has 0 unspecified atom stereocenters. The Labute approximate surface area is 246 Å². The number of halogens is 2. The summed E-state index contributed by atoms with van der Waals surface area (Å²) in [4.78, 5) is 39.4. The third-order valence-corrected chi connectivity index (χ3v) is 7.42. The van der Waals surface area contributed by atoms with Gasteiger partial charge in [-0.05, 0) is 61.0 Å². The molecular formula is C31H25Cl2N3O3S. The van der Waals surface area contributed by atoms with Gasteiger partial charge in [0.25, 0.3) is 11.8 Å². The lowest BCUT2D eigenvalue weighted by Crippen LogP contribution is -2.30. The van der Waals surface area contributed by atoms with Gasteiger partial charge in [-0.15, -0.1) is 11.8 Å². The molecule has 0 atom stereocenters. The van der Waals surface area contributed by atoms with Crippen molar-refractivity contribution in [1.82, 2.24) is 5.32 Å². The van der Waals surface area contributed by atoms with E-state index in [4.69, 9.17) is 23.2 Å². The van der Waals surface area contributed by atoms with Crippen molar-refractivity contribution in [3.63, 3.8) is 0 Å². The Morgan fingerprint density at radius 1 is 0.825 bits per heavy atom. The number of aryl methyl sites for hydroxylation is 1. The van der Waals surface area contributed by atoms with Gasteiger partial charge in [0, 0.05) is 16.1 Å². The first-order chi connectivity index (χ1) is 19.3. The summed E-state index contributed by atoms with van der Waals surface area (Å²) in [5, 5.41) is 8.96. The van der Waals surface area contributed by atoms with Gasteiger partial charge in [0.15, 0.2) is 0 Å². The second kappa shape index (κ2) is 13.8. The summed E-state index contributed by atoms with van der Waals surface area (Å²) in [7, 11) is 0. The highest BCUT2D eigenvalue weighted by Crippen LogP contribution is 2.30. The maximum atomic E-state index is 13.3. The van der Waals surface area contributed by atoms with E-state index in [0.717, 1.165) is 16.0 Å². The number of benzene rings is 4. The van der Waals surface area contributed by atoms with Crippen LogP contribution < -0.4 is 16.0 Å². The topological polar surface area (TPSA) is 87.3 Å². The molecular weight excluding hydrogens is 565 g/mol. The first kappa shape index (κ1) is 29.0. The van der Waals surface area contributed by atoms with Crippen LogP contribution in [0.3, 0.4) is 0 Å². The van der Waals surface area contributed by atoms with Gasteiger partial charge in [-0.2, -0.15) is 0 Å². The Balaban J connectivity index is 1.45. The molecule has 3 N–H and O–H groups in total. The molecule has 0 saturated heterocycles. The minimum Gasteiger partial charge on any atom is -0.324 e. The van der Waals surface area contributed by atoms with Gasteiger partial charge in [-0.1, -0.05) is 83.4 Å². The lowest BCUT2D eigenvalue weighted by molar-refractivity contribution is -0.114. The summed E-state index contributed by atoms with van der Waals surface area (Å²) in [6.45, 7) is 1.97. The quantitative estimate of drug-likeness (QED) is 0.140. The minimum atomic E-state index is -0.486. The third-order valence-electron chi connectivity index (χ3n) is 5.60. The number of hydrogen-bond donors (Lipinski definition) is 3. The Kier molecular flexibility index (Phi) is 10.0. The van der Waals surface area contributed by atoms with Crippen molar-refractivity contribution < 1.29 is 14.4 Å². The molecule has 0 bridgehead atoms. The minimum absolute atomic E-state index is 0.0912. The van der Waals surface area contributed by atoms with Crippen LogP contribution in [0.25, 0.3) is 6.08 Å². The molecule has 0 aliphatic carbocycles. The Morgan fingerprint density at radius 3 is 2.30 bits per heavy atom. The molecule has 0 spiro atoms. The summed E-state index contributed by atoms with van der Waals surface area (Å²) in [6.07, 6.45) is 1.62. The van der Waals surface area contributed by atoms with E-state index >= 15 is 0 Å². The zero-order chi connectivity index (χ0) is 28.5. The second-order valence-electron chi connectivity index (χ2n) is 8.71. The smallest absolute Gasteiger partial charge is 0.272 e. The van der Waals surface area contributed by atoms with E-state index in [2.05, 4.69) is 16.0 Å². The lowest BCUT2D eigenvalue weighted by atomic mass is 10.1. The predicted octanol–water partition coefficient (Wildman–Crippen LogP) is 7.44. The molecule has 0 fully saturated rings. The SMILES string of the molecule is Cc1ccc(/C=C(/NC(=O)c2ccccc2)C(=O)Nc2cccc(SCC(=O)Nc3cccc(Cl)c3Cl)c2)cc1. The Morgan fingerprint density at radius 2 is 1.55 bits per heavy atom. The van der Waals surface area contributed by atoms with E-state index in [-0.39, 0.29) is 22.4 Å². The van der Waals surface area contributed by atoms with Gasteiger partial charge >= 0.3 is 0 Å². The Hall–Kier alpha value is -4.04. The van der Waals surface area contributed by atoms with Gasteiger partial charge in [0.1, 0.15) is 5.70 Å². The second-order valence-corrected chi connectivity index (χ2v) is 10.5. The van der Waals surface area contributed by atoms with Gasteiger partial charge in [0.05, 0.1) is 21.5 Å². The number of nitrogens with one attached hydrogen (secondary N) is 3. The molecule has 0 heterocycles. The van der Waals surface area contributed by atoms with Crippen LogP contribution in [0.15, 0.2) is 108 Å². The van der Waals surface area contributed by atoms with Gasteiger partial charge in [-0.3, -0.25) is 14.4 Å². The summed E-state index contributed by atoms with van der Waals surface area (Å²) in [5.41, 5.74) is 3.31. The van der Waals surface area contributed by atoms with Crippen LogP contribution in [0.4, 0.5) is 11.4 Å². The fraction of sp³-hybridized carbons (Fsp3) is 0.0645. The molecule has 0 aliphatic heterocycles. The number of thioether (sulfide) groups is 1. The largest absolute Gasteiger partial charge is 0.324 e. The van der Waals surface area contributed by atoms with Crippen molar-refractivity contribution in [1.29, 1.82) is 0 Å². The molecule has 6 nitrogen and oxygen atoms in total. The molecule has 4 aromatic rings. The summed E-state index contributed by atoms with van der Waals surface area (Å²) in [5.74, 6) is -1.02. The number of amides is 3. The van der Waals surface area contributed by atoms with E-state index < -0.39 is 11.8 Å².